The van der Waals surface area contributed by atoms with Crippen molar-refractivity contribution in [3.05, 3.63) is 15.1 Å². The van der Waals surface area contributed by atoms with Gasteiger partial charge in [-0.2, -0.15) is 0 Å². The zero-order valence-electron chi connectivity index (χ0n) is 6.40. The molecule has 0 bridgehead atoms. The maximum Gasteiger partial charge on any atom is 0.573 e. The van der Waals surface area contributed by atoms with Crippen LogP contribution in [0.5, 0.6) is 5.75 Å². The Kier molecular flexibility index (Phi) is 3.25. The molecule has 0 unspecified atom stereocenters. The van der Waals surface area contributed by atoms with E-state index >= 15 is 0 Å². The molecule has 0 aromatic carbocycles. The van der Waals surface area contributed by atoms with Gasteiger partial charge in [0.25, 0.3) is 0 Å². The van der Waals surface area contributed by atoms with E-state index < -0.39 is 12.1 Å². The van der Waals surface area contributed by atoms with E-state index in [0.29, 0.717) is 0 Å². The van der Waals surface area contributed by atoms with Gasteiger partial charge in [-0.05, 0) is 31.9 Å². The van der Waals surface area contributed by atoms with Gasteiger partial charge in [0.05, 0.1) is 4.47 Å². The predicted molar refractivity (Wildman–Crippen MR) is 50.7 cm³/mol. The summed E-state index contributed by atoms with van der Waals surface area (Å²) in [6.07, 6.45) is -3.64. The van der Waals surface area contributed by atoms with Crippen LogP contribution < -0.4 is 10.5 Å². The molecule has 0 aliphatic heterocycles. The summed E-state index contributed by atoms with van der Waals surface area (Å²) in [5.41, 5.74) is 5.28. The summed E-state index contributed by atoms with van der Waals surface area (Å²) in [4.78, 5) is 3.61. The number of hydrogen-bond donors (Lipinski definition) is 1. The zero-order valence-corrected chi connectivity index (χ0v) is 9.57. The molecule has 1 aromatic rings. The van der Waals surface area contributed by atoms with Crippen LogP contribution in [0.2, 0.25) is 0 Å². The lowest BCUT2D eigenvalue weighted by Crippen LogP contribution is -2.18. The number of aromatic nitrogens is 1. The number of nitrogens with two attached hydrogens (primary N) is 1. The Bertz CT molecular complexity index is 356. The molecule has 0 spiro atoms. The molecule has 78 valence electrons. The molecule has 8 heteroatoms. The van der Waals surface area contributed by atoms with Gasteiger partial charge in [-0.3, -0.25) is 0 Å². The Labute approximate surface area is 93.7 Å². The van der Waals surface area contributed by atoms with Crippen LogP contribution in [0.4, 0.5) is 19.0 Å². The van der Waals surface area contributed by atoms with Gasteiger partial charge in [0.2, 0.25) is 0 Å². The standard InChI is InChI=1S/C6H3Br2F3N2O/c7-2-1-13-5(12)3(8)4(2)14-6(9,10)11/h1H,(H2,12,13). The monoisotopic (exact) mass is 334 g/mol. The van der Waals surface area contributed by atoms with Crippen LogP contribution in [-0.2, 0) is 0 Å². The number of hydrogen-bond acceptors (Lipinski definition) is 3. The first-order chi connectivity index (χ1) is 6.31. The van der Waals surface area contributed by atoms with Crippen molar-refractivity contribution in [3.8, 4) is 5.75 Å². The number of nitrogens with zero attached hydrogens (tertiary/aromatic N) is 1. The molecule has 0 aliphatic rings. The Morgan fingerprint density at radius 1 is 1.36 bits per heavy atom. The van der Waals surface area contributed by atoms with E-state index in [4.69, 9.17) is 5.73 Å². The average molecular weight is 336 g/mol. The third-order valence-electron chi connectivity index (χ3n) is 1.18. The molecular formula is C6H3Br2F3N2O. The molecule has 0 saturated heterocycles. The Morgan fingerprint density at radius 3 is 2.43 bits per heavy atom. The minimum atomic E-state index is -4.77. The van der Waals surface area contributed by atoms with E-state index in [1.54, 1.807) is 0 Å². The number of pyridine rings is 1. The van der Waals surface area contributed by atoms with Gasteiger partial charge in [-0.1, -0.05) is 0 Å². The number of nitrogen functional groups attached to an aromatic ring is 1. The third kappa shape index (κ3) is 2.74. The summed E-state index contributed by atoms with van der Waals surface area (Å²) in [6, 6.07) is 0. The molecule has 2 N–H and O–H groups in total. The second kappa shape index (κ2) is 3.93. The van der Waals surface area contributed by atoms with Gasteiger partial charge in [0, 0.05) is 6.20 Å². The van der Waals surface area contributed by atoms with E-state index in [9.17, 15) is 13.2 Å². The molecule has 0 fully saturated rings. The summed E-state index contributed by atoms with van der Waals surface area (Å²) in [5, 5.41) is 0. The van der Waals surface area contributed by atoms with Crippen molar-refractivity contribution in [1.82, 2.24) is 4.98 Å². The molecule has 0 radical (unpaired) electrons. The summed E-state index contributed by atoms with van der Waals surface area (Å²) >= 11 is 5.70. The smallest absolute Gasteiger partial charge is 0.403 e. The Morgan fingerprint density at radius 2 is 1.93 bits per heavy atom. The molecule has 0 aliphatic carbocycles. The van der Waals surface area contributed by atoms with E-state index in [-0.39, 0.29) is 14.8 Å². The first kappa shape index (κ1) is 11.6. The minimum Gasteiger partial charge on any atom is -0.403 e. The largest absolute Gasteiger partial charge is 0.573 e. The van der Waals surface area contributed by atoms with Gasteiger partial charge < -0.3 is 10.5 Å². The van der Waals surface area contributed by atoms with Gasteiger partial charge in [-0.15, -0.1) is 13.2 Å². The van der Waals surface area contributed by atoms with Crippen LogP contribution in [-0.4, -0.2) is 11.3 Å². The van der Waals surface area contributed by atoms with Gasteiger partial charge >= 0.3 is 6.36 Å². The van der Waals surface area contributed by atoms with Crippen molar-refractivity contribution in [2.45, 2.75) is 6.36 Å². The molecule has 14 heavy (non-hydrogen) atoms. The average Bonchev–Trinajstić information content (AvgIpc) is 2.04. The molecule has 0 atom stereocenters. The maximum absolute atomic E-state index is 11.9. The molecule has 0 amide bonds. The fourth-order valence-corrected chi connectivity index (χ4v) is 1.72. The molecule has 3 nitrogen and oxygen atoms in total. The summed E-state index contributed by atoms with van der Waals surface area (Å²) in [6.45, 7) is 0. The van der Waals surface area contributed by atoms with Crippen molar-refractivity contribution in [2.24, 2.45) is 0 Å². The summed E-state index contributed by atoms with van der Waals surface area (Å²) < 4.78 is 39.5. The van der Waals surface area contributed by atoms with Crippen molar-refractivity contribution in [2.75, 3.05) is 5.73 Å². The van der Waals surface area contributed by atoms with Crippen LogP contribution in [0.25, 0.3) is 0 Å². The van der Waals surface area contributed by atoms with Gasteiger partial charge in [0.1, 0.15) is 10.3 Å². The Balaban J connectivity index is 3.13. The molecule has 1 heterocycles. The highest BCUT2D eigenvalue weighted by atomic mass is 79.9. The maximum atomic E-state index is 11.9. The molecule has 1 aromatic heterocycles. The zero-order chi connectivity index (χ0) is 10.9. The van der Waals surface area contributed by atoms with Crippen molar-refractivity contribution >= 4 is 37.7 Å². The summed E-state index contributed by atoms with van der Waals surface area (Å²) in [7, 11) is 0. The van der Waals surface area contributed by atoms with Crippen molar-refractivity contribution in [3.63, 3.8) is 0 Å². The highest BCUT2D eigenvalue weighted by Crippen LogP contribution is 2.38. The lowest BCUT2D eigenvalue weighted by molar-refractivity contribution is -0.275. The number of ether oxygens (including phenoxy) is 1. The van der Waals surface area contributed by atoms with Crippen LogP contribution in [0.1, 0.15) is 0 Å². The lowest BCUT2D eigenvalue weighted by Gasteiger charge is -2.12. The first-order valence-corrected chi connectivity index (χ1v) is 4.75. The fourth-order valence-electron chi connectivity index (χ4n) is 0.672. The van der Waals surface area contributed by atoms with Gasteiger partial charge in [0.15, 0.2) is 5.75 Å². The SMILES string of the molecule is Nc1ncc(Br)c(OC(F)(F)F)c1Br. The van der Waals surface area contributed by atoms with Crippen molar-refractivity contribution < 1.29 is 17.9 Å². The van der Waals surface area contributed by atoms with E-state index in [2.05, 4.69) is 41.6 Å². The number of halogens is 5. The van der Waals surface area contributed by atoms with Gasteiger partial charge in [-0.25, -0.2) is 4.98 Å². The topological polar surface area (TPSA) is 48.1 Å². The Hall–Kier alpha value is -0.500. The predicted octanol–water partition coefficient (Wildman–Crippen LogP) is 3.09. The lowest BCUT2D eigenvalue weighted by atomic mass is 10.4. The second-order valence-electron chi connectivity index (χ2n) is 2.18. The normalized spacial score (nSPS) is 11.5. The van der Waals surface area contributed by atoms with Crippen molar-refractivity contribution in [1.29, 1.82) is 0 Å². The molecule has 1 rings (SSSR count). The van der Waals surface area contributed by atoms with E-state index in [0.717, 1.165) is 6.20 Å². The highest BCUT2D eigenvalue weighted by molar-refractivity contribution is 9.11. The van der Waals surface area contributed by atoms with E-state index in [1.165, 1.54) is 0 Å². The van der Waals surface area contributed by atoms with Crippen LogP contribution >= 0.6 is 31.9 Å². The number of alkyl halides is 3. The minimum absolute atomic E-state index is 0.0378. The highest BCUT2D eigenvalue weighted by Gasteiger charge is 2.33. The van der Waals surface area contributed by atoms with Crippen LogP contribution in [0.3, 0.4) is 0 Å². The van der Waals surface area contributed by atoms with Crippen LogP contribution in [0.15, 0.2) is 15.1 Å². The summed E-state index contributed by atoms with van der Waals surface area (Å²) in [5.74, 6) is -0.516. The van der Waals surface area contributed by atoms with Crippen LogP contribution in [0, 0.1) is 0 Å². The quantitative estimate of drug-likeness (QED) is 0.858. The molecular weight excluding hydrogens is 333 g/mol. The molecule has 0 saturated carbocycles. The van der Waals surface area contributed by atoms with E-state index in [1.807, 2.05) is 0 Å². The number of rotatable bonds is 1. The first-order valence-electron chi connectivity index (χ1n) is 3.16. The third-order valence-corrected chi connectivity index (χ3v) is 2.51. The number of anilines is 1. The second-order valence-corrected chi connectivity index (χ2v) is 3.83. The fraction of sp³-hybridized carbons (Fsp3) is 0.167.